The summed E-state index contributed by atoms with van der Waals surface area (Å²) < 4.78 is 40.1. The highest BCUT2D eigenvalue weighted by molar-refractivity contribution is 7.16. The van der Waals surface area contributed by atoms with Gasteiger partial charge in [0.15, 0.2) is 0 Å². The van der Waals surface area contributed by atoms with Crippen molar-refractivity contribution < 1.29 is 17.9 Å². The Balaban J connectivity index is 1.72. The summed E-state index contributed by atoms with van der Waals surface area (Å²) in [5.74, 6) is 5.71. The van der Waals surface area contributed by atoms with E-state index in [4.69, 9.17) is 0 Å². The van der Waals surface area contributed by atoms with Crippen LogP contribution in [-0.2, 0) is 0 Å². The van der Waals surface area contributed by atoms with Crippen LogP contribution in [0.15, 0.2) is 66.7 Å². The van der Waals surface area contributed by atoms with E-state index >= 15 is 0 Å². The van der Waals surface area contributed by atoms with Crippen LogP contribution in [0.5, 0.6) is 5.75 Å². The maximum absolute atomic E-state index is 12.1. The van der Waals surface area contributed by atoms with Crippen molar-refractivity contribution in [1.29, 1.82) is 0 Å². The number of rotatable bonds is 2. The van der Waals surface area contributed by atoms with Crippen LogP contribution >= 0.6 is 11.3 Å². The first-order valence-corrected chi connectivity index (χ1v) is 7.84. The molecule has 2 aromatic carbocycles. The van der Waals surface area contributed by atoms with Gasteiger partial charge in [-0.25, -0.2) is 0 Å². The van der Waals surface area contributed by atoms with Crippen molar-refractivity contribution in [2.45, 2.75) is 6.36 Å². The quantitative estimate of drug-likeness (QED) is 0.541. The molecule has 1 aromatic heterocycles. The van der Waals surface area contributed by atoms with Gasteiger partial charge < -0.3 is 4.74 Å². The molecule has 0 aliphatic carbocycles. The number of alkyl halides is 3. The van der Waals surface area contributed by atoms with Crippen LogP contribution < -0.4 is 4.74 Å². The summed E-state index contributed by atoms with van der Waals surface area (Å²) in [4.78, 5) is 2.01. The van der Waals surface area contributed by atoms with Gasteiger partial charge in [-0.1, -0.05) is 42.2 Å². The summed E-state index contributed by atoms with van der Waals surface area (Å²) in [6, 6.07) is 19.4. The first kappa shape index (κ1) is 16.2. The van der Waals surface area contributed by atoms with Crippen LogP contribution in [0, 0.1) is 11.8 Å². The second-order valence-corrected chi connectivity index (χ2v) is 5.94. The van der Waals surface area contributed by atoms with E-state index in [0.717, 1.165) is 15.3 Å². The lowest BCUT2D eigenvalue weighted by atomic mass is 10.2. The van der Waals surface area contributed by atoms with Gasteiger partial charge in [0.25, 0.3) is 0 Å². The molecule has 0 aliphatic heterocycles. The third-order valence-electron chi connectivity index (χ3n) is 3.08. The predicted octanol–water partition coefficient (Wildman–Crippen LogP) is 5.71. The highest BCUT2D eigenvalue weighted by atomic mass is 32.1. The monoisotopic (exact) mass is 344 g/mol. The van der Waals surface area contributed by atoms with Gasteiger partial charge in [-0.05, 0) is 42.0 Å². The molecule has 0 fully saturated rings. The Kier molecular flexibility index (Phi) is 4.59. The summed E-state index contributed by atoms with van der Waals surface area (Å²) in [5, 5.41) is 0. The highest BCUT2D eigenvalue weighted by Gasteiger charge is 2.30. The van der Waals surface area contributed by atoms with Crippen molar-refractivity contribution in [1.82, 2.24) is 0 Å². The average molecular weight is 344 g/mol. The minimum Gasteiger partial charge on any atom is -0.406 e. The van der Waals surface area contributed by atoms with Gasteiger partial charge in [0.1, 0.15) is 5.75 Å². The zero-order valence-corrected chi connectivity index (χ0v) is 13.1. The van der Waals surface area contributed by atoms with Gasteiger partial charge in [0, 0.05) is 10.4 Å². The van der Waals surface area contributed by atoms with Crippen LogP contribution in [0.2, 0.25) is 0 Å². The van der Waals surface area contributed by atoms with E-state index in [1.165, 1.54) is 24.3 Å². The van der Waals surface area contributed by atoms with Crippen molar-refractivity contribution in [2.24, 2.45) is 0 Å². The normalized spacial score (nSPS) is 10.8. The minimum atomic E-state index is -4.68. The lowest BCUT2D eigenvalue weighted by Gasteiger charge is -2.07. The van der Waals surface area contributed by atoms with E-state index in [1.54, 1.807) is 11.3 Å². The molecule has 3 rings (SSSR count). The number of hydrogen-bond donors (Lipinski definition) is 0. The fraction of sp³-hybridized carbons (Fsp3) is 0.0526. The first-order valence-electron chi connectivity index (χ1n) is 7.03. The third-order valence-corrected chi connectivity index (χ3v) is 4.13. The van der Waals surface area contributed by atoms with Crippen molar-refractivity contribution in [2.75, 3.05) is 0 Å². The van der Waals surface area contributed by atoms with Crippen LogP contribution in [0.25, 0.3) is 10.4 Å². The fourth-order valence-electron chi connectivity index (χ4n) is 2.04. The first-order chi connectivity index (χ1) is 11.5. The molecule has 1 heterocycles. The highest BCUT2D eigenvalue weighted by Crippen LogP contribution is 2.27. The number of hydrogen-bond acceptors (Lipinski definition) is 2. The summed E-state index contributed by atoms with van der Waals surface area (Å²) >= 11 is 1.57. The summed E-state index contributed by atoms with van der Waals surface area (Å²) in [6.07, 6.45) is -4.68. The molecule has 0 atom stereocenters. The van der Waals surface area contributed by atoms with E-state index in [-0.39, 0.29) is 5.75 Å². The van der Waals surface area contributed by atoms with E-state index in [2.05, 4.69) is 16.6 Å². The van der Waals surface area contributed by atoms with Crippen molar-refractivity contribution in [3.8, 4) is 28.0 Å². The van der Waals surface area contributed by atoms with Gasteiger partial charge in [-0.15, -0.1) is 24.5 Å². The summed E-state index contributed by atoms with van der Waals surface area (Å²) in [7, 11) is 0. The topological polar surface area (TPSA) is 9.23 Å². The smallest absolute Gasteiger partial charge is 0.406 e. The van der Waals surface area contributed by atoms with Crippen LogP contribution in [0.1, 0.15) is 10.4 Å². The van der Waals surface area contributed by atoms with Gasteiger partial charge in [0.2, 0.25) is 0 Å². The van der Waals surface area contributed by atoms with E-state index < -0.39 is 6.36 Å². The van der Waals surface area contributed by atoms with E-state index in [0.29, 0.717) is 5.56 Å². The molecular formula is C19H11F3OS. The van der Waals surface area contributed by atoms with Crippen molar-refractivity contribution in [3.05, 3.63) is 77.2 Å². The Hall–Kier alpha value is -2.71. The number of benzene rings is 2. The van der Waals surface area contributed by atoms with E-state index in [1.807, 2.05) is 42.5 Å². The van der Waals surface area contributed by atoms with Crippen LogP contribution in [-0.4, -0.2) is 6.36 Å². The maximum Gasteiger partial charge on any atom is 0.573 e. The predicted molar refractivity (Wildman–Crippen MR) is 88.9 cm³/mol. The van der Waals surface area contributed by atoms with Crippen molar-refractivity contribution >= 4 is 11.3 Å². The lowest BCUT2D eigenvalue weighted by molar-refractivity contribution is -0.274. The van der Waals surface area contributed by atoms with E-state index in [9.17, 15) is 13.2 Å². The molecule has 0 spiro atoms. The second kappa shape index (κ2) is 6.81. The zero-order valence-electron chi connectivity index (χ0n) is 12.3. The van der Waals surface area contributed by atoms with Gasteiger partial charge in [-0.2, -0.15) is 0 Å². The molecule has 24 heavy (non-hydrogen) atoms. The molecule has 0 saturated carbocycles. The Morgan fingerprint density at radius 3 is 2.17 bits per heavy atom. The zero-order chi connectivity index (χ0) is 17.0. The largest absolute Gasteiger partial charge is 0.573 e. The molecule has 120 valence electrons. The number of ether oxygens (including phenoxy) is 1. The Morgan fingerprint density at radius 2 is 1.50 bits per heavy atom. The Bertz CT molecular complexity index is 869. The maximum atomic E-state index is 12.1. The standard InChI is InChI=1S/C19H11F3OS/c20-19(21,22)23-16-9-6-14(7-10-16)8-11-17-12-13-18(24-17)15-4-2-1-3-5-15/h1-7,9-10,12-13H. The molecule has 3 aromatic rings. The molecule has 0 amide bonds. The SMILES string of the molecule is FC(F)(F)Oc1ccc(C#Cc2ccc(-c3ccccc3)s2)cc1. The summed E-state index contributed by atoms with van der Waals surface area (Å²) in [6.45, 7) is 0. The molecule has 0 bridgehead atoms. The molecule has 0 saturated heterocycles. The van der Waals surface area contributed by atoms with Gasteiger partial charge in [0.05, 0.1) is 4.88 Å². The minimum absolute atomic E-state index is 0.254. The second-order valence-electron chi connectivity index (χ2n) is 4.85. The fourth-order valence-corrected chi connectivity index (χ4v) is 2.90. The molecule has 0 N–H and O–H groups in total. The van der Waals surface area contributed by atoms with Crippen LogP contribution in [0.4, 0.5) is 13.2 Å². The number of halogens is 3. The third kappa shape index (κ3) is 4.40. The van der Waals surface area contributed by atoms with Crippen LogP contribution in [0.3, 0.4) is 0 Å². The lowest BCUT2D eigenvalue weighted by Crippen LogP contribution is -2.16. The Morgan fingerprint density at radius 1 is 0.792 bits per heavy atom. The summed E-state index contributed by atoms with van der Waals surface area (Å²) in [5.41, 5.74) is 1.75. The van der Waals surface area contributed by atoms with Gasteiger partial charge in [-0.3, -0.25) is 0 Å². The Labute approximate surface area is 141 Å². The molecule has 5 heteroatoms. The molecule has 1 nitrogen and oxygen atoms in total. The van der Waals surface area contributed by atoms with Gasteiger partial charge >= 0.3 is 6.36 Å². The number of thiophene rings is 1. The average Bonchev–Trinajstić information content (AvgIpc) is 3.03. The molecule has 0 radical (unpaired) electrons. The van der Waals surface area contributed by atoms with Crippen molar-refractivity contribution in [3.63, 3.8) is 0 Å². The molecular weight excluding hydrogens is 333 g/mol. The molecule has 0 unspecified atom stereocenters. The molecule has 0 aliphatic rings.